The second-order valence-electron chi connectivity index (χ2n) is 5.97. The van der Waals surface area contributed by atoms with Crippen molar-refractivity contribution in [3.8, 4) is 0 Å². The highest BCUT2D eigenvalue weighted by Crippen LogP contribution is 2.09. The molecule has 1 heterocycles. The molecule has 26 heavy (non-hydrogen) atoms. The fourth-order valence-corrected chi connectivity index (χ4v) is 2.26. The zero-order valence-electron chi connectivity index (χ0n) is 14.7. The number of hydrogen-bond acceptors (Lipinski definition) is 5. The van der Waals surface area contributed by atoms with Crippen molar-refractivity contribution in [1.82, 2.24) is 20.6 Å². The van der Waals surface area contributed by atoms with Gasteiger partial charge in [-0.15, -0.1) is 0 Å². The predicted molar refractivity (Wildman–Crippen MR) is 96.0 cm³/mol. The maximum atomic E-state index is 13.7. The molecule has 138 valence electrons. The highest BCUT2D eigenvalue weighted by Gasteiger charge is 2.25. The number of hydrogen-bond donors (Lipinski definition) is 3. The molecule has 0 saturated carbocycles. The molecule has 2 aromatic rings. The van der Waals surface area contributed by atoms with E-state index in [0.717, 1.165) is 0 Å². The molecule has 8 heteroatoms. The third-order valence-electron chi connectivity index (χ3n) is 3.63. The van der Waals surface area contributed by atoms with Crippen molar-refractivity contribution in [2.75, 3.05) is 18.4 Å². The summed E-state index contributed by atoms with van der Waals surface area (Å²) in [6.07, 6.45) is 3.22. The predicted octanol–water partition coefficient (Wildman–Crippen LogP) is 1.60. The van der Waals surface area contributed by atoms with Gasteiger partial charge in [0.15, 0.2) is 0 Å². The van der Waals surface area contributed by atoms with E-state index in [1.165, 1.54) is 18.2 Å². The van der Waals surface area contributed by atoms with E-state index < -0.39 is 17.8 Å². The third-order valence-corrected chi connectivity index (χ3v) is 3.63. The third kappa shape index (κ3) is 5.51. The van der Waals surface area contributed by atoms with Gasteiger partial charge in [-0.05, 0) is 24.1 Å². The summed E-state index contributed by atoms with van der Waals surface area (Å²) in [6.45, 7) is 4.38. The van der Waals surface area contributed by atoms with Gasteiger partial charge in [0.1, 0.15) is 11.9 Å². The summed E-state index contributed by atoms with van der Waals surface area (Å²) in [5.41, 5.74) is -0.0890. The summed E-state index contributed by atoms with van der Waals surface area (Å²) < 4.78 is 13.7. The van der Waals surface area contributed by atoms with Gasteiger partial charge in [-0.1, -0.05) is 26.0 Å². The normalized spacial score (nSPS) is 11.7. The van der Waals surface area contributed by atoms with Gasteiger partial charge in [0.05, 0.1) is 5.56 Å². The molecule has 2 amide bonds. The second-order valence-corrected chi connectivity index (χ2v) is 5.97. The molecule has 0 fully saturated rings. The van der Waals surface area contributed by atoms with Crippen LogP contribution in [0.3, 0.4) is 0 Å². The number of anilines is 1. The summed E-state index contributed by atoms with van der Waals surface area (Å²) in [4.78, 5) is 32.6. The van der Waals surface area contributed by atoms with Gasteiger partial charge in [-0.25, -0.2) is 14.4 Å². The van der Waals surface area contributed by atoms with Crippen LogP contribution in [-0.2, 0) is 4.79 Å². The number of aromatic nitrogens is 2. The van der Waals surface area contributed by atoms with Gasteiger partial charge in [0.2, 0.25) is 11.9 Å². The van der Waals surface area contributed by atoms with Gasteiger partial charge in [-0.2, -0.15) is 0 Å². The topological polar surface area (TPSA) is 96.0 Å². The summed E-state index contributed by atoms with van der Waals surface area (Å²) in [5, 5.41) is 8.30. The molecule has 0 aliphatic carbocycles. The highest BCUT2D eigenvalue weighted by atomic mass is 19.1. The fraction of sp³-hybridized carbons (Fsp3) is 0.333. The number of rotatable bonds is 8. The Kier molecular flexibility index (Phi) is 7.02. The molecule has 7 nitrogen and oxygen atoms in total. The molecule has 0 bridgehead atoms. The largest absolute Gasteiger partial charge is 0.353 e. The van der Waals surface area contributed by atoms with Crippen LogP contribution in [0, 0.1) is 11.7 Å². The lowest BCUT2D eigenvalue weighted by Gasteiger charge is -2.22. The molecule has 0 aliphatic heterocycles. The molecule has 1 aromatic carbocycles. The summed E-state index contributed by atoms with van der Waals surface area (Å²) in [6, 6.07) is 6.59. The lowest BCUT2D eigenvalue weighted by molar-refractivity contribution is -0.123. The standard InChI is InChI=1S/C18H22FN5O2/c1-12(2)15(24-16(25)13-6-3-4-7-14(13)19)17(26)20-10-11-23-18-21-8-5-9-22-18/h3-9,12,15H,10-11H2,1-2H3,(H,20,26)(H,24,25)(H,21,22,23). The Labute approximate surface area is 151 Å². The Morgan fingerprint density at radius 1 is 1.08 bits per heavy atom. The zero-order chi connectivity index (χ0) is 18.9. The second kappa shape index (κ2) is 9.45. The van der Waals surface area contributed by atoms with Crippen LogP contribution in [0.1, 0.15) is 24.2 Å². The van der Waals surface area contributed by atoms with E-state index in [-0.39, 0.29) is 17.4 Å². The minimum atomic E-state index is -0.768. The number of benzene rings is 1. The number of nitrogens with zero attached hydrogens (tertiary/aromatic N) is 2. The SMILES string of the molecule is CC(C)C(NC(=O)c1ccccc1F)C(=O)NCCNc1ncccn1. The van der Waals surface area contributed by atoms with Crippen LogP contribution in [0.15, 0.2) is 42.7 Å². The van der Waals surface area contributed by atoms with Crippen molar-refractivity contribution in [3.05, 3.63) is 54.1 Å². The maximum Gasteiger partial charge on any atom is 0.254 e. The molecule has 1 unspecified atom stereocenters. The van der Waals surface area contributed by atoms with E-state index in [9.17, 15) is 14.0 Å². The van der Waals surface area contributed by atoms with Crippen molar-refractivity contribution >= 4 is 17.8 Å². The van der Waals surface area contributed by atoms with E-state index >= 15 is 0 Å². The van der Waals surface area contributed by atoms with E-state index in [0.29, 0.717) is 19.0 Å². The van der Waals surface area contributed by atoms with Crippen LogP contribution < -0.4 is 16.0 Å². The smallest absolute Gasteiger partial charge is 0.254 e. The first-order valence-electron chi connectivity index (χ1n) is 8.33. The summed E-state index contributed by atoms with van der Waals surface area (Å²) in [5.74, 6) is -1.26. The number of amides is 2. The van der Waals surface area contributed by atoms with E-state index in [1.807, 2.05) is 13.8 Å². The molecule has 1 aromatic heterocycles. The van der Waals surface area contributed by atoms with E-state index in [4.69, 9.17) is 0 Å². The number of carbonyl (C=O) groups excluding carboxylic acids is 2. The molecule has 0 saturated heterocycles. The van der Waals surface area contributed by atoms with Crippen LogP contribution >= 0.6 is 0 Å². The Hall–Kier alpha value is -3.03. The number of carbonyl (C=O) groups is 2. The van der Waals surface area contributed by atoms with Gasteiger partial charge in [-0.3, -0.25) is 9.59 Å². The lowest BCUT2D eigenvalue weighted by atomic mass is 10.0. The number of halogens is 1. The van der Waals surface area contributed by atoms with Crippen molar-refractivity contribution in [3.63, 3.8) is 0 Å². The van der Waals surface area contributed by atoms with Crippen molar-refractivity contribution in [1.29, 1.82) is 0 Å². The van der Waals surface area contributed by atoms with Crippen LogP contribution in [0.25, 0.3) is 0 Å². The highest BCUT2D eigenvalue weighted by molar-refractivity contribution is 5.97. The van der Waals surface area contributed by atoms with Crippen molar-refractivity contribution < 1.29 is 14.0 Å². The maximum absolute atomic E-state index is 13.7. The first kappa shape index (κ1) is 19.3. The minimum Gasteiger partial charge on any atom is -0.353 e. The van der Waals surface area contributed by atoms with Crippen LogP contribution in [0.2, 0.25) is 0 Å². The van der Waals surface area contributed by atoms with Crippen LogP contribution in [0.4, 0.5) is 10.3 Å². The lowest BCUT2D eigenvalue weighted by Crippen LogP contribution is -2.50. The quantitative estimate of drug-likeness (QED) is 0.622. The molecule has 0 radical (unpaired) electrons. The molecule has 0 spiro atoms. The van der Waals surface area contributed by atoms with Gasteiger partial charge in [0.25, 0.3) is 5.91 Å². The molecular formula is C18H22FN5O2. The molecule has 1 atom stereocenters. The zero-order valence-corrected chi connectivity index (χ0v) is 14.7. The Balaban J connectivity index is 1.87. The Morgan fingerprint density at radius 3 is 2.42 bits per heavy atom. The first-order valence-corrected chi connectivity index (χ1v) is 8.33. The first-order chi connectivity index (χ1) is 12.5. The molecule has 3 N–H and O–H groups in total. The fourth-order valence-electron chi connectivity index (χ4n) is 2.26. The number of nitrogens with one attached hydrogen (secondary N) is 3. The van der Waals surface area contributed by atoms with E-state index in [2.05, 4.69) is 25.9 Å². The Bertz CT molecular complexity index is 739. The van der Waals surface area contributed by atoms with Gasteiger partial charge >= 0.3 is 0 Å². The summed E-state index contributed by atoms with van der Waals surface area (Å²) in [7, 11) is 0. The van der Waals surface area contributed by atoms with Gasteiger partial charge < -0.3 is 16.0 Å². The molecule has 2 rings (SSSR count). The van der Waals surface area contributed by atoms with Crippen LogP contribution in [0.5, 0.6) is 0 Å². The minimum absolute atomic E-state index is 0.0890. The monoisotopic (exact) mass is 359 g/mol. The average Bonchev–Trinajstić information content (AvgIpc) is 2.64. The molecule has 0 aliphatic rings. The molecular weight excluding hydrogens is 337 g/mol. The summed E-state index contributed by atoms with van der Waals surface area (Å²) >= 11 is 0. The van der Waals surface area contributed by atoms with E-state index in [1.54, 1.807) is 24.5 Å². The Morgan fingerprint density at radius 2 is 1.77 bits per heavy atom. The van der Waals surface area contributed by atoms with Crippen LogP contribution in [-0.4, -0.2) is 40.9 Å². The van der Waals surface area contributed by atoms with Gasteiger partial charge in [0, 0.05) is 25.5 Å². The van der Waals surface area contributed by atoms with Crippen molar-refractivity contribution in [2.24, 2.45) is 5.92 Å². The van der Waals surface area contributed by atoms with Crippen molar-refractivity contribution in [2.45, 2.75) is 19.9 Å². The average molecular weight is 359 g/mol.